The Bertz CT molecular complexity index is 601. The van der Waals surface area contributed by atoms with Gasteiger partial charge in [0.25, 0.3) is 5.91 Å². The number of amides is 1. The zero-order chi connectivity index (χ0) is 13.2. The fourth-order valence-corrected chi connectivity index (χ4v) is 2.50. The number of nitrogens with zero attached hydrogens (tertiary/aromatic N) is 1. The van der Waals surface area contributed by atoms with Gasteiger partial charge < -0.3 is 4.90 Å². The average Bonchev–Trinajstić information content (AvgIpc) is 2.47. The summed E-state index contributed by atoms with van der Waals surface area (Å²) < 4.78 is 0. The molecule has 0 atom stereocenters. The molecule has 2 aromatic rings. The highest BCUT2D eigenvalue weighted by Gasteiger charge is 2.21. The number of fused-ring (bicyclic) bond motifs is 1. The van der Waals surface area contributed by atoms with Gasteiger partial charge in [-0.15, -0.1) is 0 Å². The highest BCUT2D eigenvalue weighted by Crippen LogP contribution is 2.20. The zero-order valence-electron chi connectivity index (χ0n) is 10.8. The van der Waals surface area contributed by atoms with E-state index in [4.69, 9.17) is 0 Å². The van der Waals surface area contributed by atoms with Crippen LogP contribution in [-0.4, -0.2) is 17.4 Å². The first-order chi connectivity index (χ1) is 9.24. The van der Waals surface area contributed by atoms with Crippen molar-refractivity contribution in [2.45, 2.75) is 13.0 Å². The molecular weight excluding hydrogens is 234 g/mol. The molecule has 0 aromatic heterocycles. The molecule has 1 radical (unpaired) electrons. The molecule has 1 heterocycles. The maximum absolute atomic E-state index is 12.4. The van der Waals surface area contributed by atoms with Crippen molar-refractivity contribution in [1.29, 1.82) is 0 Å². The number of benzene rings is 2. The van der Waals surface area contributed by atoms with E-state index in [-0.39, 0.29) is 5.91 Å². The lowest BCUT2D eigenvalue weighted by atomic mass is 9.99. The van der Waals surface area contributed by atoms with E-state index in [0.717, 1.165) is 24.1 Å². The van der Waals surface area contributed by atoms with Crippen molar-refractivity contribution in [1.82, 2.24) is 4.90 Å². The van der Waals surface area contributed by atoms with Crippen molar-refractivity contribution in [3.05, 3.63) is 77.7 Å². The van der Waals surface area contributed by atoms with Crippen LogP contribution in [0.3, 0.4) is 0 Å². The van der Waals surface area contributed by atoms with E-state index in [9.17, 15) is 4.79 Å². The molecule has 2 aromatic carbocycles. The van der Waals surface area contributed by atoms with Gasteiger partial charge in [-0.2, -0.15) is 0 Å². The predicted octanol–water partition coefficient (Wildman–Crippen LogP) is 3.07. The standard InChI is InChI=1S/C17H16NO/c1-13-6-8-15(9-7-13)17(19)18-11-10-14-4-2-3-5-16(14)12-18/h2-9H,1,10-12H2. The monoisotopic (exact) mass is 250 g/mol. The maximum atomic E-state index is 12.4. The third-order valence-electron chi connectivity index (χ3n) is 3.62. The van der Waals surface area contributed by atoms with Crippen LogP contribution in [0.4, 0.5) is 0 Å². The SMILES string of the molecule is [CH2]c1ccc(C(=O)N2CCc3ccccc3C2)cc1. The van der Waals surface area contributed by atoms with Crippen molar-refractivity contribution in [3.63, 3.8) is 0 Å². The van der Waals surface area contributed by atoms with Crippen LogP contribution in [0.15, 0.2) is 48.5 Å². The van der Waals surface area contributed by atoms with Gasteiger partial charge in [-0.3, -0.25) is 4.79 Å². The minimum absolute atomic E-state index is 0.106. The Morgan fingerprint density at radius 2 is 1.68 bits per heavy atom. The van der Waals surface area contributed by atoms with Gasteiger partial charge in [0.05, 0.1) is 0 Å². The van der Waals surface area contributed by atoms with Gasteiger partial charge in [0.2, 0.25) is 0 Å². The van der Waals surface area contributed by atoms with Crippen LogP contribution in [0.5, 0.6) is 0 Å². The van der Waals surface area contributed by atoms with Crippen LogP contribution in [0.1, 0.15) is 27.0 Å². The molecule has 0 spiro atoms. The Morgan fingerprint density at radius 1 is 1.00 bits per heavy atom. The molecular formula is C17H16NO. The first kappa shape index (κ1) is 12.0. The molecule has 1 aliphatic rings. The van der Waals surface area contributed by atoms with Crippen LogP contribution < -0.4 is 0 Å². The molecule has 95 valence electrons. The quantitative estimate of drug-likeness (QED) is 0.761. The Labute approximate surface area is 113 Å². The summed E-state index contributed by atoms with van der Waals surface area (Å²) in [5.74, 6) is 0.106. The molecule has 0 N–H and O–H groups in total. The van der Waals surface area contributed by atoms with Gasteiger partial charge in [-0.05, 0) is 42.2 Å². The van der Waals surface area contributed by atoms with E-state index in [1.165, 1.54) is 11.1 Å². The number of hydrogen-bond acceptors (Lipinski definition) is 1. The summed E-state index contributed by atoms with van der Waals surface area (Å²) in [6.07, 6.45) is 0.940. The highest BCUT2D eigenvalue weighted by atomic mass is 16.2. The van der Waals surface area contributed by atoms with Crippen LogP contribution in [0, 0.1) is 6.92 Å². The van der Waals surface area contributed by atoms with Crippen molar-refractivity contribution in [3.8, 4) is 0 Å². The van der Waals surface area contributed by atoms with E-state index in [1.54, 1.807) is 0 Å². The fourth-order valence-electron chi connectivity index (χ4n) is 2.50. The van der Waals surface area contributed by atoms with Gasteiger partial charge in [0, 0.05) is 18.7 Å². The van der Waals surface area contributed by atoms with E-state index >= 15 is 0 Å². The van der Waals surface area contributed by atoms with Crippen molar-refractivity contribution >= 4 is 5.91 Å². The molecule has 0 fully saturated rings. The molecule has 3 rings (SSSR count). The molecule has 2 nitrogen and oxygen atoms in total. The third kappa shape index (κ3) is 2.39. The first-order valence-electron chi connectivity index (χ1n) is 6.52. The van der Waals surface area contributed by atoms with E-state index < -0.39 is 0 Å². The minimum Gasteiger partial charge on any atom is -0.334 e. The van der Waals surface area contributed by atoms with Crippen LogP contribution >= 0.6 is 0 Å². The summed E-state index contributed by atoms with van der Waals surface area (Å²) in [6.45, 7) is 5.34. The second-order valence-corrected chi connectivity index (χ2v) is 4.94. The summed E-state index contributed by atoms with van der Waals surface area (Å²) >= 11 is 0. The number of carbonyl (C=O) groups is 1. The van der Waals surface area contributed by atoms with Gasteiger partial charge in [-0.25, -0.2) is 0 Å². The fraction of sp³-hybridized carbons (Fsp3) is 0.176. The maximum Gasteiger partial charge on any atom is 0.254 e. The summed E-state index contributed by atoms with van der Waals surface area (Å²) in [6, 6.07) is 15.8. The summed E-state index contributed by atoms with van der Waals surface area (Å²) in [5.41, 5.74) is 4.29. The highest BCUT2D eigenvalue weighted by molar-refractivity contribution is 5.94. The molecule has 1 amide bonds. The molecule has 0 aliphatic carbocycles. The lowest BCUT2D eigenvalue weighted by Crippen LogP contribution is -2.35. The lowest BCUT2D eigenvalue weighted by molar-refractivity contribution is 0.0734. The molecule has 0 unspecified atom stereocenters. The van der Waals surface area contributed by atoms with Crippen LogP contribution in [0.25, 0.3) is 0 Å². The Kier molecular flexibility index (Phi) is 3.08. The van der Waals surface area contributed by atoms with E-state index in [0.29, 0.717) is 6.54 Å². The van der Waals surface area contributed by atoms with E-state index in [1.807, 2.05) is 35.2 Å². The molecule has 0 saturated carbocycles. The molecule has 1 aliphatic heterocycles. The van der Waals surface area contributed by atoms with Crippen molar-refractivity contribution in [2.75, 3.05) is 6.54 Å². The second kappa shape index (κ2) is 4.88. The average molecular weight is 250 g/mol. The number of carbonyl (C=O) groups excluding carboxylic acids is 1. The summed E-state index contributed by atoms with van der Waals surface area (Å²) in [4.78, 5) is 14.3. The Hall–Kier alpha value is -2.09. The normalized spacial score (nSPS) is 14.1. The van der Waals surface area contributed by atoms with Gasteiger partial charge in [-0.1, -0.05) is 36.4 Å². The first-order valence-corrected chi connectivity index (χ1v) is 6.52. The number of hydrogen-bond donors (Lipinski definition) is 0. The molecule has 19 heavy (non-hydrogen) atoms. The lowest BCUT2D eigenvalue weighted by Gasteiger charge is -2.29. The van der Waals surface area contributed by atoms with Crippen molar-refractivity contribution in [2.24, 2.45) is 0 Å². The predicted molar refractivity (Wildman–Crippen MR) is 75.8 cm³/mol. The summed E-state index contributed by atoms with van der Waals surface area (Å²) in [7, 11) is 0. The summed E-state index contributed by atoms with van der Waals surface area (Å²) in [5, 5.41) is 0. The molecule has 0 saturated heterocycles. The number of rotatable bonds is 1. The second-order valence-electron chi connectivity index (χ2n) is 4.94. The third-order valence-corrected chi connectivity index (χ3v) is 3.62. The smallest absolute Gasteiger partial charge is 0.254 e. The van der Waals surface area contributed by atoms with E-state index in [2.05, 4.69) is 25.1 Å². The van der Waals surface area contributed by atoms with Gasteiger partial charge in [0.1, 0.15) is 0 Å². The Morgan fingerprint density at radius 3 is 2.42 bits per heavy atom. The van der Waals surface area contributed by atoms with Crippen LogP contribution in [0.2, 0.25) is 0 Å². The Balaban J connectivity index is 1.81. The van der Waals surface area contributed by atoms with Gasteiger partial charge in [0.15, 0.2) is 0 Å². The minimum atomic E-state index is 0.106. The van der Waals surface area contributed by atoms with Crippen molar-refractivity contribution < 1.29 is 4.79 Å². The molecule has 0 bridgehead atoms. The zero-order valence-corrected chi connectivity index (χ0v) is 10.8. The van der Waals surface area contributed by atoms with Crippen LogP contribution in [-0.2, 0) is 13.0 Å². The topological polar surface area (TPSA) is 20.3 Å². The van der Waals surface area contributed by atoms with Gasteiger partial charge >= 0.3 is 0 Å². The largest absolute Gasteiger partial charge is 0.334 e. The molecule has 2 heteroatoms.